The molecule has 0 radical (unpaired) electrons. The van der Waals surface area contributed by atoms with Gasteiger partial charge in [0.2, 0.25) is 5.88 Å². The van der Waals surface area contributed by atoms with Crippen molar-refractivity contribution in [3.8, 4) is 40.2 Å². The van der Waals surface area contributed by atoms with E-state index in [0.29, 0.717) is 17.4 Å². The molecule has 0 saturated carbocycles. The lowest BCUT2D eigenvalue weighted by Crippen LogP contribution is -2.12. The fourth-order valence-corrected chi connectivity index (χ4v) is 4.20. The van der Waals surface area contributed by atoms with Crippen LogP contribution in [0.25, 0.3) is 17.1 Å². The Morgan fingerprint density at radius 2 is 1.45 bits per heavy atom. The van der Waals surface area contributed by atoms with Crippen molar-refractivity contribution in [1.82, 2.24) is 14.5 Å². The van der Waals surface area contributed by atoms with Gasteiger partial charge in [0.15, 0.2) is 0 Å². The summed E-state index contributed by atoms with van der Waals surface area (Å²) in [6.45, 7) is 0. The molecule has 5 nitrogen and oxygen atoms in total. The molecular formula is C28H21N3O2. The van der Waals surface area contributed by atoms with Gasteiger partial charge in [0.25, 0.3) is 0 Å². The van der Waals surface area contributed by atoms with Crippen molar-refractivity contribution in [2.45, 2.75) is 12.8 Å². The van der Waals surface area contributed by atoms with Crippen LogP contribution in [0.4, 0.5) is 0 Å². The maximum Gasteiger partial charge on any atom is 0.219 e. The zero-order valence-corrected chi connectivity index (χ0v) is 17.9. The topological polar surface area (TPSA) is 49.2 Å². The van der Waals surface area contributed by atoms with Crippen LogP contribution >= 0.6 is 0 Å². The minimum Gasteiger partial charge on any atom is -0.457 e. The van der Waals surface area contributed by atoms with Crippen molar-refractivity contribution in [2.24, 2.45) is 0 Å². The summed E-state index contributed by atoms with van der Waals surface area (Å²) in [4.78, 5) is 8.96. The summed E-state index contributed by atoms with van der Waals surface area (Å²) < 4.78 is 14.3. The average Bonchev–Trinajstić information content (AvgIpc) is 3.30. The van der Waals surface area contributed by atoms with Gasteiger partial charge in [-0.1, -0.05) is 42.5 Å². The lowest BCUT2D eigenvalue weighted by atomic mass is 10.0. The molecule has 0 amide bonds. The van der Waals surface area contributed by atoms with Crippen LogP contribution in [0, 0.1) is 0 Å². The first kappa shape index (κ1) is 19.3. The maximum atomic E-state index is 6.17. The number of ether oxygens (including phenoxy) is 2. The van der Waals surface area contributed by atoms with Crippen LogP contribution in [0.3, 0.4) is 0 Å². The summed E-state index contributed by atoms with van der Waals surface area (Å²) in [5, 5.41) is 0. The van der Waals surface area contributed by atoms with Gasteiger partial charge in [-0.25, -0.2) is 9.97 Å². The van der Waals surface area contributed by atoms with Crippen molar-refractivity contribution < 1.29 is 9.47 Å². The minimum atomic E-state index is 0.543. The lowest BCUT2D eigenvalue weighted by Gasteiger charge is -2.21. The SMILES string of the molecule is c1ccc(Oc2cccc(Oc3cccc(-c4ncc5n4-c4ccccc4CC5)c3)c2)nc1. The normalized spacial score (nSPS) is 12.0. The molecule has 5 aromatic rings. The Bertz CT molecular complexity index is 1430. The number of benzene rings is 3. The van der Waals surface area contributed by atoms with Gasteiger partial charge in [0, 0.05) is 35.8 Å². The number of nitrogens with zero attached hydrogens (tertiary/aromatic N) is 3. The predicted octanol–water partition coefficient (Wildman–Crippen LogP) is 6.62. The Balaban J connectivity index is 1.29. The van der Waals surface area contributed by atoms with E-state index in [0.717, 1.165) is 30.0 Å². The van der Waals surface area contributed by atoms with E-state index in [1.807, 2.05) is 66.9 Å². The molecule has 0 spiro atoms. The van der Waals surface area contributed by atoms with Gasteiger partial charge in [-0.15, -0.1) is 0 Å². The highest BCUT2D eigenvalue weighted by Crippen LogP contribution is 2.33. The lowest BCUT2D eigenvalue weighted by molar-refractivity contribution is 0.449. The molecule has 1 aliphatic heterocycles. The number of imidazole rings is 1. The highest BCUT2D eigenvalue weighted by atomic mass is 16.5. The van der Waals surface area contributed by atoms with E-state index in [4.69, 9.17) is 14.5 Å². The third-order valence-electron chi connectivity index (χ3n) is 5.71. The molecule has 33 heavy (non-hydrogen) atoms. The van der Waals surface area contributed by atoms with Crippen LogP contribution in [0.15, 0.2) is 103 Å². The van der Waals surface area contributed by atoms with Crippen molar-refractivity contribution in [3.05, 3.63) is 115 Å². The third-order valence-corrected chi connectivity index (χ3v) is 5.71. The van der Waals surface area contributed by atoms with E-state index in [2.05, 4.69) is 39.9 Å². The first-order chi connectivity index (χ1) is 16.3. The summed E-state index contributed by atoms with van der Waals surface area (Å²) in [6, 6.07) is 29.7. The summed E-state index contributed by atoms with van der Waals surface area (Å²) in [5.41, 5.74) is 4.80. The first-order valence-corrected chi connectivity index (χ1v) is 11.0. The molecule has 3 aromatic carbocycles. The molecule has 6 rings (SSSR count). The fraction of sp³-hybridized carbons (Fsp3) is 0.0714. The van der Waals surface area contributed by atoms with Crippen LogP contribution < -0.4 is 9.47 Å². The average molecular weight is 431 g/mol. The monoisotopic (exact) mass is 431 g/mol. The fourth-order valence-electron chi connectivity index (χ4n) is 4.20. The predicted molar refractivity (Wildman–Crippen MR) is 127 cm³/mol. The van der Waals surface area contributed by atoms with Crippen molar-refractivity contribution in [1.29, 1.82) is 0 Å². The van der Waals surface area contributed by atoms with E-state index in [-0.39, 0.29) is 0 Å². The van der Waals surface area contributed by atoms with Crippen LogP contribution in [0.5, 0.6) is 23.1 Å². The molecule has 2 aromatic heterocycles. The number of aromatic nitrogens is 3. The molecule has 3 heterocycles. The second kappa shape index (κ2) is 8.28. The number of hydrogen-bond acceptors (Lipinski definition) is 4. The molecule has 160 valence electrons. The second-order valence-electron chi connectivity index (χ2n) is 7.91. The van der Waals surface area contributed by atoms with Crippen LogP contribution in [-0.2, 0) is 12.8 Å². The summed E-state index contributed by atoms with van der Waals surface area (Å²) in [6.07, 6.45) is 5.72. The van der Waals surface area contributed by atoms with E-state index in [1.165, 1.54) is 16.9 Å². The number of hydrogen-bond donors (Lipinski definition) is 0. The number of fused-ring (bicyclic) bond motifs is 3. The molecule has 5 heteroatoms. The molecule has 0 fully saturated rings. The van der Waals surface area contributed by atoms with E-state index >= 15 is 0 Å². The van der Waals surface area contributed by atoms with Crippen LogP contribution in [-0.4, -0.2) is 14.5 Å². The molecule has 0 saturated heterocycles. The minimum absolute atomic E-state index is 0.543. The molecule has 0 N–H and O–H groups in total. The molecule has 1 aliphatic rings. The molecule has 0 unspecified atom stereocenters. The maximum absolute atomic E-state index is 6.17. The van der Waals surface area contributed by atoms with Gasteiger partial charge >= 0.3 is 0 Å². The van der Waals surface area contributed by atoms with Gasteiger partial charge in [-0.2, -0.15) is 0 Å². The van der Waals surface area contributed by atoms with Crippen molar-refractivity contribution in [2.75, 3.05) is 0 Å². The Hall–Kier alpha value is -4.38. The van der Waals surface area contributed by atoms with Crippen LogP contribution in [0.2, 0.25) is 0 Å². The smallest absolute Gasteiger partial charge is 0.219 e. The second-order valence-corrected chi connectivity index (χ2v) is 7.91. The van der Waals surface area contributed by atoms with E-state index in [9.17, 15) is 0 Å². The highest BCUT2D eigenvalue weighted by molar-refractivity contribution is 5.63. The first-order valence-electron chi connectivity index (χ1n) is 11.0. The number of pyridine rings is 1. The molecule has 0 bridgehead atoms. The van der Waals surface area contributed by atoms with Crippen molar-refractivity contribution in [3.63, 3.8) is 0 Å². The standard InChI is InChI=1S/C28H21N3O2/c1-2-12-26-20(7-1)14-15-22-19-30-28(31(22)26)21-8-5-9-23(17-21)32-24-10-6-11-25(18-24)33-27-13-3-4-16-29-27/h1-13,16-19H,14-15H2. The highest BCUT2D eigenvalue weighted by Gasteiger charge is 2.20. The Labute approximate surface area is 191 Å². The summed E-state index contributed by atoms with van der Waals surface area (Å²) >= 11 is 0. The zero-order valence-electron chi connectivity index (χ0n) is 17.9. The summed E-state index contributed by atoms with van der Waals surface area (Å²) in [5.74, 6) is 3.57. The zero-order chi connectivity index (χ0) is 22.0. The quantitative estimate of drug-likeness (QED) is 0.314. The Kier molecular flexibility index (Phi) is 4.85. The van der Waals surface area contributed by atoms with Gasteiger partial charge in [0.1, 0.15) is 23.1 Å². The van der Waals surface area contributed by atoms with Crippen molar-refractivity contribution >= 4 is 0 Å². The molecular weight excluding hydrogens is 410 g/mol. The van der Waals surface area contributed by atoms with Gasteiger partial charge in [0.05, 0.1) is 5.69 Å². The summed E-state index contributed by atoms with van der Waals surface area (Å²) in [7, 11) is 0. The molecule has 0 atom stereocenters. The third kappa shape index (κ3) is 3.85. The van der Waals surface area contributed by atoms with E-state index in [1.54, 1.807) is 6.20 Å². The number of rotatable bonds is 5. The molecule has 0 aliphatic carbocycles. The van der Waals surface area contributed by atoms with Gasteiger partial charge < -0.3 is 9.47 Å². The van der Waals surface area contributed by atoms with E-state index < -0.39 is 0 Å². The Morgan fingerprint density at radius 3 is 2.33 bits per heavy atom. The van der Waals surface area contributed by atoms with Gasteiger partial charge in [-0.05, 0) is 54.8 Å². The van der Waals surface area contributed by atoms with Gasteiger partial charge in [-0.3, -0.25) is 4.57 Å². The number of para-hydroxylation sites is 1. The number of aryl methyl sites for hydroxylation is 2. The van der Waals surface area contributed by atoms with Crippen LogP contribution in [0.1, 0.15) is 11.3 Å². The Morgan fingerprint density at radius 1 is 0.667 bits per heavy atom. The largest absolute Gasteiger partial charge is 0.457 e.